The van der Waals surface area contributed by atoms with Gasteiger partial charge >= 0.3 is 0 Å². The Labute approximate surface area is 61.2 Å². The summed E-state index contributed by atoms with van der Waals surface area (Å²) in [5.41, 5.74) is 2.95. The Bertz CT molecular complexity index is 144. The van der Waals surface area contributed by atoms with E-state index in [9.17, 15) is 0 Å². The van der Waals surface area contributed by atoms with Crippen molar-refractivity contribution in [3.8, 4) is 0 Å². The molecule has 0 aromatic rings. The van der Waals surface area contributed by atoms with Crippen molar-refractivity contribution in [2.24, 2.45) is 11.8 Å². The number of fused-ring (bicyclic) bond motifs is 1. The molecule has 2 unspecified atom stereocenters. The Morgan fingerprint density at radius 1 is 1.50 bits per heavy atom. The number of hydrogen-bond acceptors (Lipinski definition) is 2. The molecular formula is C8H13NO. The predicted octanol–water partition coefficient (Wildman–Crippen LogP) is 1.10. The average molecular weight is 139 g/mol. The fraction of sp³-hybridized carbons (Fsp3) is 0.750. The highest BCUT2D eigenvalue weighted by molar-refractivity contribution is 4.98. The van der Waals surface area contributed by atoms with Gasteiger partial charge in [-0.15, -0.1) is 0 Å². The van der Waals surface area contributed by atoms with Gasteiger partial charge in [0.15, 0.2) is 0 Å². The summed E-state index contributed by atoms with van der Waals surface area (Å²) in [6.07, 6.45) is 7.16. The number of hydrogen-bond donors (Lipinski definition) is 1. The molecule has 1 saturated heterocycles. The van der Waals surface area contributed by atoms with Crippen molar-refractivity contribution in [3.63, 3.8) is 0 Å². The van der Waals surface area contributed by atoms with Gasteiger partial charge in [-0.1, -0.05) is 12.2 Å². The summed E-state index contributed by atoms with van der Waals surface area (Å²) >= 11 is 0. The smallest absolute Gasteiger partial charge is 0.0747 e. The molecule has 0 radical (unpaired) electrons. The van der Waals surface area contributed by atoms with Crippen LogP contribution in [-0.4, -0.2) is 13.2 Å². The van der Waals surface area contributed by atoms with Gasteiger partial charge in [-0.25, -0.2) is 5.48 Å². The summed E-state index contributed by atoms with van der Waals surface area (Å²) in [7, 11) is 0. The lowest BCUT2D eigenvalue weighted by molar-refractivity contribution is -0.0370. The standard InChI is InChI=1S/C8H13NO/c1-2-4-8-6-10-9-5-7(8)3-1/h2,4,7-9H,1,3,5-6H2. The van der Waals surface area contributed by atoms with Gasteiger partial charge in [-0.3, -0.25) is 0 Å². The van der Waals surface area contributed by atoms with Crippen LogP contribution in [0.1, 0.15) is 12.8 Å². The van der Waals surface area contributed by atoms with Crippen molar-refractivity contribution >= 4 is 0 Å². The molecule has 0 aromatic heterocycles. The van der Waals surface area contributed by atoms with Crippen LogP contribution in [0.3, 0.4) is 0 Å². The van der Waals surface area contributed by atoms with Crippen molar-refractivity contribution in [2.75, 3.05) is 13.2 Å². The van der Waals surface area contributed by atoms with Crippen LogP contribution >= 0.6 is 0 Å². The largest absolute Gasteiger partial charge is 0.301 e. The van der Waals surface area contributed by atoms with Crippen LogP contribution in [0.25, 0.3) is 0 Å². The zero-order valence-electron chi connectivity index (χ0n) is 6.05. The van der Waals surface area contributed by atoms with Crippen molar-refractivity contribution in [2.45, 2.75) is 12.8 Å². The number of rotatable bonds is 0. The minimum atomic E-state index is 0.690. The Hall–Kier alpha value is -0.340. The topological polar surface area (TPSA) is 21.3 Å². The molecule has 1 fully saturated rings. The molecule has 0 aromatic carbocycles. The lowest BCUT2D eigenvalue weighted by atomic mass is 9.84. The van der Waals surface area contributed by atoms with Gasteiger partial charge in [-0.2, -0.15) is 0 Å². The van der Waals surface area contributed by atoms with E-state index in [2.05, 4.69) is 17.6 Å². The fourth-order valence-corrected chi connectivity index (χ4v) is 1.72. The lowest BCUT2D eigenvalue weighted by Crippen LogP contribution is -2.38. The molecule has 0 spiro atoms. The summed E-state index contributed by atoms with van der Waals surface area (Å²) in [5.74, 6) is 1.52. The average Bonchev–Trinajstić information content (AvgIpc) is 2.05. The minimum absolute atomic E-state index is 0.690. The highest BCUT2D eigenvalue weighted by atomic mass is 16.6. The van der Waals surface area contributed by atoms with Gasteiger partial charge in [0, 0.05) is 12.5 Å². The quantitative estimate of drug-likeness (QED) is 0.507. The predicted molar refractivity (Wildman–Crippen MR) is 39.3 cm³/mol. The highest BCUT2D eigenvalue weighted by Gasteiger charge is 2.24. The van der Waals surface area contributed by atoms with Crippen LogP contribution in [0.4, 0.5) is 0 Å². The molecule has 0 amide bonds. The van der Waals surface area contributed by atoms with Gasteiger partial charge in [0.25, 0.3) is 0 Å². The van der Waals surface area contributed by atoms with Crippen molar-refractivity contribution < 1.29 is 4.84 Å². The molecule has 1 aliphatic heterocycles. The first-order chi connectivity index (χ1) is 4.97. The molecule has 2 atom stereocenters. The second-order valence-corrected chi connectivity index (χ2v) is 3.09. The summed E-state index contributed by atoms with van der Waals surface area (Å²) < 4.78 is 0. The Morgan fingerprint density at radius 3 is 3.40 bits per heavy atom. The van der Waals surface area contributed by atoms with Gasteiger partial charge < -0.3 is 4.84 Å². The number of nitrogens with one attached hydrogen (secondary N) is 1. The molecule has 2 nitrogen and oxygen atoms in total. The summed E-state index contributed by atoms with van der Waals surface area (Å²) in [6, 6.07) is 0. The van der Waals surface area contributed by atoms with E-state index in [0.717, 1.165) is 19.1 Å². The van der Waals surface area contributed by atoms with Gasteiger partial charge in [0.1, 0.15) is 0 Å². The van der Waals surface area contributed by atoms with E-state index in [1.807, 2.05) is 0 Å². The second kappa shape index (κ2) is 2.72. The third-order valence-electron chi connectivity index (χ3n) is 2.42. The molecular weight excluding hydrogens is 126 g/mol. The maximum Gasteiger partial charge on any atom is 0.0747 e. The molecule has 0 saturated carbocycles. The number of hydroxylamine groups is 1. The molecule has 1 heterocycles. The molecule has 56 valence electrons. The van der Waals surface area contributed by atoms with Crippen LogP contribution in [0.2, 0.25) is 0 Å². The fourth-order valence-electron chi connectivity index (χ4n) is 1.72. The van der Waals surface area contributed by atoms with E-state index in [0.29, 0.717) is 5.92 Å². The summed E-state index contributed by atoms with van der Waals surface area (Å²) in [4.78, 5) is 5.14. The van der Waals surface area contributed by atoms with Crippen LogP contribution in [0.5, 0.6) is 0 Å². The SMILES string of the molecule is C1=CC2CONCC2CC1. The number of allylic oxidation sites excluding steroid dienone is 1. The molecule has 1 N–H and O–H groups in total. The van der Waals surface area contributed by atoms with Crippen LogP contribution in [0, 0.1) is 11.8 Å². The lowest BCUT2D eigenvalue weighted by Gasteiger charge is -2.31. The summed E-state index contributed by atoms with van der Waals surface area (Å²) in [5, 5.41) is 0. The van der Waals surface area contributed by atoms with E-state index in [1.165, 1.54) is 12.8 Å². The maximum absolute atomic E-state index is 5.14. The van der Waals surface area contributed by atoms with Crippen LogP contribution in [0.15, 0.2) is 12.2 Å². The Balaban J connectivity index is 2.03. The first-order valence-corrected chi connectivity index (χ1v) is 3.98. The third-order valence-corrected chi connectivity index (χ3v) is 2.42. The van der Waals surface area contributed by atoms with Crippen LogP contribution < -0.4 is 5.48 Å². The van der Waals surface area contributed by atoms with Gasteiger partial charge in [-0.05, 0) is 18.8 Å². The molecule has 0 bridgehead atoms. The highest BCUT2D eigenvalue weighted by Crippen LogP contribution is 2.26. The monoisotopic (exact) mass is 139 g/mol. The van der Waals surface area contributed by atoms with Crippen molar-refractivity contribution in [1.82, 2.24) is 5.48 Å². The molecule has 2 heteroatoms. The Kier molecular flexibility index (Phi) is 1.74. The first kappa shape index (κ1) is 6.38. The molecule has 2 aliphatic rings. The van der Waals surface area contributed by atoms with Crippen molar-refractivity contribution in [1.29, 1.82) is 0 Å². The van der Waals surface area contributed by atoms with E-state index >= 15 is 0 Å². The first-order valence-electron chi connectivity index (χ1n) is 3.98. The third kappa shape index (κ3) is 1.09. The molecule has 2 rings (SSSR count). The Morgan fingerprint density at radius 2 is 2.50 bits per heavy atom. The van der Waals surface area contributed by atoms with E-state index < -0.39 is 0 Å². The maximum atomic E-state index is 5.14. The van der Waals surface area contributed by atoms with Crippen molar-refractivity contribution in [3.05, 3.63) is 12.2 Å². The van der Waals surface area contributed by atoms with Gasteiger partial charge in [0.05, 0.1) is 6.61 Å². The van der Waals surface area contributed by atoms with Gasteiger partial charge in [0.2, 0.25) is 0 Å². The molecule has 1 aliphatic carbocycles. The zero-order chi connectivity index (χ0) is 6.81. The zero-order valence-corrected chi connectivity index (χ0v) is 6.05. The second-order valence-electron chi connectivity index (χ2n) is 3.09. The molecule has 10 heavy (non-hydrogen) atoms. The minimum Gasteiger partial charge on any atom is -0.301 e. The van der Waals surface area contributed by atoms with E-state index in [1.54, 1.807) is 0 Å². The van der Waals surface area contributed by atoms with Crippen LogP contribution in [-0.2, 0) is 4.84 Å². The van der Waals surface area contributed by atoms with E-state index in [4.69, 9.17) is 4.84 Å². The summed E-state index contributed by atoms with van der Waals surface area (Å²) in [6.45, 7) is 1.90. The van der Waals surface area contributed by atoms with E-state index in [-0.39, 0.29) is 0 Å². The normalized spacial score (nSPS) is 39.2.